The van der Waals surface area contributed by atoms with Crippen molar-refractivity contribution >= 4 is 11.9 Å². The Hall–Kier alpha value is -1.84. The van der Waals surface area contributed by atoms with Crippen LogP contribution in [0.4, 0.5) is 0 Å². The van der Waals surface area contributed by atoms with Crippen molar-refractivity contribution in [2.75, 3.05) is 0 Å². The fraction of sp³-hybridized carbons (Fsp3) is 0.429. The molecule has 0 amide bonds. The number of benzene rings is 1. The van der Waals surface area contributed by atoms with E-state index in [4.69, 9.17) is 10.2 Å². The van der Waals surface area contributed by atoms with Crippen LogP contribution in [-0.4, -0.2) is 22.2 Å². The molecule has 0 saturated heterocycles. The highest BCUT2D eigenvalue weighted by molar-refractivity contribution is 5.88. The minimum atomic E-state index is -0.995. The molecule has 0 bridgehead atoms. The van der Waals surface area contributed by atoms with Crippen molar-refractivity contribution in [3.05, 3.63) is 34.4 Å². The maximum Gasteiger partial charge on any atom is 0.335 e. The monoisotopic (exact) mass is 250 g/mol. The van der Waals surface area contributed by atoms with E-state index in [0.717, 1.165) is 16.7 Å². The Morgan fingerprint density at radius 2 is 1.72 bits per heavy atom. The number of carbonyl (C=O) groups is 2. The average Bonchev–Trinajstić information content (AvgIpc) is 2.19. The molecule has 0 aliphatic carbocycles. The SMILES string of the molecule is Cc1cc(C(=O)O)cc(C(C)(C)CC(=O)O)c1C. The summed E-state index contributed by atoms with van der Waals surface area (Å²) in [6, 6.07) is 3.19. The van der Waals surface area contributed by atoms with Crippen molar-refractivity contribution in [3.8, 4) is 0 Å². The van der Waals surface area contributed by atoms with E-state index in [1.54, 1.807) is 12.1 Å². The minimum absolute atomic E-state index is 0.0314. The van der Waals surface area contributed by atoms with E-state index in [-0.39, 0.29) is 12.0 Å². The predicted octanol–water partition coefficient (Wildman–Crippen LogP) is 2.75. The first-order valence-corrected chi connectivity index (χ1v) is 5.72. The summed E-state index contributed by atoms with van der Waals surface area (Å²) in [5, 5.41) is 18.0. The molecule has 0 aliphatic rings. The van der Waals surface area contributed by atoms with Crippen LogP contribution < -0.4 is 0 Å². The van der Waals surface area contributed by atoms with Crippen LogP contribution in [0.3, 0.4) is 0 Å². The van der Waals surface area contributed by atoms with Crippen molar-refractivity contribution in [1.29, 1.82) is 0 Å². The van der Waals surface area contributed by atoms with Crippen LogP contribution in [0.1, 0.15) is 47.3 Å². The van der Waals surface area contributed by atoms with Gasteiger partial charge in [-0.05, 0) is 42.7 Å². The number of aromatic carboxylic acids is 1. The molecule has 4 nitrogen and oxygen atoms in total. The lowest BCUT2D eigenvalue weighted by Gasteiger charge is -2.26. The number of carboxylic acids is 2. The number of aryl methyl sites for hydroxylation is 1. The molecular weight excluding hydrogens is 232 g/mol. The zero-order valence-electron chi connectivity index (χ0n) is 11.1. The predicted molar refractivity (Wildman–Crippen MR) is 68.2 cm³/mol. The Bertz CT molecular complexity index is 501. The van der Waals surface area contributed by atoms with Gasteiger partial charge in [0.1, 0.15) is 0 Å². The molecule has 4 heteroatoms. The number of hydrogen-bond acceptors (Lipinski definition) is 2. The van der Waals surface area contributed by atoms with Gasteiger partial charge in [-0.25, -0.2) is 4.79 Å². The van der Waals surface area contributed by atoms with Crippen LogP contribution in [0.2, 0.25) is 0 Å². The molecule has 0 radical (unpaired) electrons. The molecule has 0 spiro atoms. The minimum Gasteiger partial charge on any atom is -0.481 e. The van der Waals surface area contributed by atoms with Gasteiger partial charge in [-0.3, -0.25) is 4.79 Å². The highest BCUT2D eigenvalue weighted by atomic mass is 16.4. The molecule has 0 unspecified atom stereocenters. The van der Waals surface area contributed by atoms with E-state index in [9.17, 15) is 9.59 Å². The molecule has 1 rings (SSSR count). The third kappa shape index (κ3) is 2.88. The third-order valence-electron chi connectivity index (χ3n) is 3.24. The highest BCUT2D eigenvalue weighted by Gasteiger charge is 2.27. The molecule has 0 heterocycles. The summed E-state index contributed by atoms with van der Waals surface area (Å²) in [7, 11) is 0. The normalized spacial score (nSPS) is 11.3. The second kappa shape index (κ2) is 4.80. The quantitative estimate of drug-likeness (QED) is 0.861. The second-order valence-corrected chi connectivity index (χ2v) is 5.23. The smallest absolute Gasteiger partial charge is 0.335 e. The summed E-state index contributed by atoms with van der Waals surface area (Å²) in [5.74, 6) is -1.89. The molecule has 2 N–H and O–H groups in total. The number of hydrogen-bond donors (Lipinski definition) is 2. The van der Waals surface area contributed by atoms with Crippen molar-refractivity contribution in [3.63, 3.8) is 0 Å². The van der Waals surface area contributed by atoms with Crippen LogP contribution in [-0.2, 0) is 10.2 Å². The summed E-state index contributed by atoms with van der Waals surface area (Å²) in [4.78, 5) is 21.9. The molecule has 18 heavy (non-hydrogen) atoms. The molecule has 0 saturated carbocycles. The lowest BCUT2D eigenvalue weighted by atomic mass is 9.77. The number of rotatable bonds is 4. The fourth-order valence-corrected chi connectivity index (χ4v) is 2.16. The van der Waals surface area contributed by atoms with Gasteiger partial charge in [0.15, 0.2) is 0 Å². The van der Waals surface area contributed by atoms with Gasteiger partial charge in [0.25, 0.3) is 0 Å². The van der Waals surface area contributed by atoms with Gasteiger partial charge in [0.05, 0.1) is 12.0 Å². The van der Waals surface area contributed by atoms with Crippen molar-refractivity contribution in [2.24, 2.45) is 0 Å². The van der Waals surface area contributed by atoms with Crippen LogP contribution in [0.15, 0.2) is 12.1 Å². The first-order valence-electron chi connectivity index (χ1n) is 5.72. The molecule has 98 valence electrons. The van der Waals surface area contributed by atoms with E-state index < -0.39 is 17.4 Å². The van der Waals surface area contributed by atoms with Gasteiger partial charge in [0.2, 0.25) is 0 Å². The zero-order valence-corrected chi connectivity index (χ0v) is 11.1. The summed E-state index contributed by atoms with van der Waals surface area (Å²) in [6.45, 7) is 7.35. The van der Waals surface area contributed by atoms with E-state index in [0.29, 0.717) is 0 Å². The first-order chi connectivity index (χ1) is 8.15. The van der Waals surface area contributed by atoms with Gasteiger partial charge >= 0.3 is 11.9 Å². The van der Waals surface area contributed by atoms with E-state index in [1.807, 2.05) is 27.7 Å². The van der Waals surface area contributed by atoms with Gasteiger partial charge in [-0.2, -0.15) is 0 Å². The molecule has 0 atom stereocenters. The fourth-order valence-electron chi connectivity index (χ4n) is 2.16. The number of carboxylic acid groups (broad SMARTS) is 2. The van der Waals surface area contributed by atoms with Crippen LogP contribution in [0.5, 0.6) is 0 Å². The second-order valence-electron chi connectivity index (χ2n) is 5.23. The number of aliphatic carboxylic acids is 1. The van der Waals surface area contributed by atoms with Gasteiger partial charge in [-0.1, -0.05) is 13.8 Å². The maximum absolute atomic E-state index is 11.0. The van der Waals surface area contributed by atoms with Crippen molar-refractivity contribution in [1.82, 2.24) is 0 Å². The summed E-state index contributed by atoms with van der Waals surface area (Å²) in [5.41, 5.74) is 2.20. The Morgan fingerprint density at radius 3 is 2.17 bits per heavy atom. The zero-order chi connectivity index (χ0) is 14.1. The Labute approximate surface area is 106 Å². The largest absolute Gasteiger partial charge is 0.481 e. The van der Waals surface area contributed by atoms with E-state index >= 15 is 0 Å². The Morgan fingerprint density at radius 1 is 1.17 bits per heavy atom. The van der Waals surface area contributed by atoms with Crippen LogP contribution in [0, 0.1) is 13.8 Å². The van der Waals surface area contributed by atoms with Gasteiger partial charge < -0.3 is 10.2 Å². The summed E-state index contributed by atoms with van der Waals surface area (Å²) >= 11 is 0. The average molecular weight is 250 g/mol. The maximum atomic E-state index is 11.0. The topological polar surface area (TPSA) is 74.6 Å². The first kappa shape index (κ1) is 14.2. The standard InChI is InChI=1S/C14H18O4/c1-8-5-10(13(17)18)6-11(9(8)2)14(3,4)7-12(15)16/h5-6H,7H2,1-4H3,(H,15,16)(H,17,18). The van der Waals surface area contributed by atoms with Gasteiger partial charge in [0, 0.05) is 5.41 Å². The molecule has 0 aromatic heterocycles. The molecule has 0 aliphatic heterocycles. The summed E-state index contributed by atoms with van der Waals surface area (Å²) in [6.07, 6.45) is -0.0314. The van der Waals surface area contributed by atoms with Crippen LogP contribution >= 0.6 is 0 Å². The Kier molecular flexibility index (Phi) is 3.79. The summed E-state index contributed by atoms with van der Waals surface area (Å²) < 4.78 is 0. The molecule has 1 aromatic carbocycles. The van der Waals surface area contributed by atoms with Crippen LogP contribution in [0.25, 0.3) is 0 Å². The lowest BCUT2D eigenvalue weighted by molar-refractivity contribution is -0.138. The van der Waals surface area contributed by atoms with Crippen molar-refractivity contribution < 1.29 is 19.8 Å². The van der Waals surface area contributed by atoms with E-state index in [1.165, 1.54) is 0 Å². The lowest BCUT2D eigenvalue weighted by Crippen LogP contribution is -2.23. The van der Waals surface area contributed by atoms with Gasteiger partial charge in [-0.15, -0.1) is 0 Å². The van der Waals surface area contributed by atoms with E-state index in [2.05, 4.69) is 0 Å². The molecular formula is C14H18O4. The van der Waals surface area contributed by atoms with Crippen molar-refractivity contribution in [2.45, 2.75) is 39.5 Å². The molecule has 0 fully saturated rings. The Balaban J connectivity index is 3.39. The third-order valence-corrected chi connectivity index (χ3v) is 3.24. The molecule has 1 aromatic rings. The highest BCUT2D eigenvalue weighted by Crippen LogP contribution is 2.32.